The molecule has 0 radical (unpaired) electrons. The van der Waals surface area contributed by atoms with E-state index < -0.39 is 0 Å². The van der Waals surface area contributed by atoms with E-state index in [4.69, 9.17) is 9.47 Å². The highest BCUT2D eigenvalue weighted by Crippen LogP contribution is 2.38. The highest BCUT2D eigenvalue weighted by Gasteiger charge is 2.36. The van der Waals surface area contributed by atoms with Crippen molar-refractivity contribution < 1.29 is 9.47 Å². The van der Waals surface area contributed by atoms with Gasteiger partial charge in [0.15, 0.2) is 0 Å². The first-order valence-corrected chi connectivity index (χ1v) is 8.41. The standard InChI is InChI=1S/C14H27IO2/c1-4-5-13-6-8-14(11-15,9-7-13)17-12(2)10-16-3/h12-13H,4-11H2,1-3H3. The molecule has 1 saturated carbocycles. The van der Waals surface area contributed by atoms with E-state index in [1.54, 1.807) is 7.11 Å². The van der Waals surface area contributed by atoms with Gasteiger partial charge in [-0.05, 0) is 38.5 Å². The molecular weight excluding hydrogens is 327 g/mol. The predicted molar refractivity (Wildman–Crippen MR) is 80.9 cm³/mol. The van der Waals surface area contributed by atoms with Gasteiger partial charge in [-0.1, -0.05) is 42.4 Å². The van der Waals surface area contributed by atoms with Crippen LogP contribution < -0.4 is 0 Å². The van der Waals surface area contributed by atoms with Crippen molar-refractivity contribution in [2.75, 3.05) is 18.1 Å². The lowest BCUT2D eigenvalue weighted by Crippen LogP contribution is -2.42. The van der Waals surface area contributed by atoms with Crippen molar-refractivity contribution in [2.24, 2.45) is 5.92 Å². The summed E-state index contributed by atoms with van der Waals surface area (Å²) in [4.78, 5) is 0. The molecule has 1 rings (SSSR count). The van der Waals surface area contributed by atoms with Gasteiger partial charge in [0.2, 0.25) is 0 Å². The Hall–Kier alpha value is 0.650. The molecule has 1 aliphatic carbocycles. The molecular formula is C14H27IO2. The molecule has 0 amide bonds. The molecule has 1 aliphatic rings. The summed E-state index contributed by atoms with van der Waals surface area (Å²) in [6.45, 7) is 5.11. The molecule has 2 nitrogen and oxygen atoms in total. The number of methoxy groups -OCH3 is 1. The van der Waals surface area contributed by atoms with E-state index >= 15 is 0 Å². The van der Waals surface area contributed by atoms with E-state index in [0.29, 0.717) is 6.61 Å². The van der Waals surface area contributed by atoms with Crippen molar-refractivity contribution in [3.63, 3.8) is 0 Å². The lowest BCUT2D eigenvalue weighted by Gasteiger charge is -2.40. The summed E-state index contributed by atoms with van der Waals surface area (Å²) in [5, 5.41) is 0. The number of hydrogen-bond donors (Lipinski definition) is 0. The van der Waals surface area contributed by atoms with Crippen LogP contribution in [0.1, 0.15) is 52.4 Å². The summed E-state index contributed by atoms with van der Waals surface area (Å²) in [5.74, 6) is 0.942. The van der Waals surface area contributed by atoms with Crippen molar-refractivity contribution in [1.82, 2.24) is 0 Å². The Labute approximate surface area is 120 Å². The molecule has 0 saturated heterocycles. The summed E-state index contributed by atoms with van der Waals surface area (Å²) >= 11 is 2.48. The van der Waals surface area contributed by atoms with E-state index in [2.05, 4.69) is 36.4 Å². The van der Waals surface area contributed by atoms with Crippen LogP contribution in [-0.4, -0.2) is 29.8 Å². The Morgan fingerprint density at radius 1 is 1.35 bits per heavy atom. The number of halogens is 1. The molecule has 0 N–H and O–H groups in total. The summed E-state index contributed by atoms with van der Waals surface area (Å²) in [6, 6.07) is 0. The van der Waals surface area contributed by atoms with Crippen LogP contribution in [-0.2, 0) is 9.47 Å². The summed E-state index contributed by atoms with van der Waals surface area (Å²) in [5.41, 5.74) is 0.128. The van der Waals surface area contributed by atoms with E-state index in [9.17, 15) is 0 Å². The molecule has 0 aliphatic heterocycles. The third-order valence-electron chi connectivity index (χ3n) is 3.81. The summed E-state index contributed by atoms with van der Waals surface area (Å²) in [7, 11) is 1.74. The van der Waals surface area contributed by atoms with Gasteiger partial charge in [-0.2, -0.15) is 0 Å². The molecule has 1 fully saturated rings. The average molecular weight is 354 g/mol. The Morgan fingerprint density at radius 3 is 2.47 bits per heavy atom. The zero-order valence-corrected chi connectivity index (χ0v) is 13.7. The molecule has 0 aromatic carbocycles. The number of ether oxygens (including phenoxy) is 2. The SMILES string of the molecule is CCCC1CCC(CI)(OC(C)COC)CC1. The molecule has 17 heavy (non-hydrogen) atoms. The van der Waals surface area contributed by atoms with Gasteiger partial charge >= 0.3 is 0 Å². The Bertz CT molecular complexity index is 200. The molecule has 0 heterocycles. The third-order valence-corrected chi connectivity index (χ3v) is 5.20. The lowest BCUT2D eigenvalue weighted by atomic mass is 9.78. The van der Waals surface area contributed by atoms with E-state index in [1.807, 2.05) is 0 Å². The second-order valence-corrected chi connectivity index (χ2v) is 6.20. The lowest BCUT2D eigenvalue weighted by molar-refractivity contribution is -0.115. The minimum atomic E-state index is 0.128. The third kappa shape index (κ3) is 5.03. The first kappa shape index (κ1) is 15.7. The minimum Gasteiger partial charge on any atom is -0.382 e. The molecule has 0 aromatic heterocycles. The van der Waals surface area contributed by atoms with Gasteiger partial charge in [-0.15, -0.1) is 0 Å². The first-order chi connectivity index (χ1) is 8.15. The second-order valence-electron chi connectivity index (χ2n) is 5.43. The molecule has 0 spiro atoms. The molecule has 0 bridgehead atoms. The van der Waals surface area contributed by atoms with E-state index in [1.165, 1.54) is 38.5 Å². The zero-order chi connectivity index (χ0) is 12.7. The number of rotatable bonds is 7. The minimum absolute atomic E-state index is 0.128. The van der Waals surface area contributed by atoms with Gasteiger partial charge < -0.3 is 9.47 Å². The maximum Gasteiger partial charge on any atom is 0.0788 e. The smallest absolute Gasteiger partial charge is 0.0788 e. The predicted octanol–water partition coefficient (Wildman–Crippen LogP) is 4.20. The van der Waals surface area contributed by atoms with Crippen molar-refractivity contribution >= 4 is 22.6 Å². The van der Waals surface area contributed by atoms with E-state index in [0.717, 1.165) is 10.3 Å². The van der Waals surface area contributed by atoms with Crippen LogP contribution in [0.25, 0.3) is 0 Å². The maximum atomic E-state index is 6.26. The Kier molecular flexibility index (Phi) is 7.34. The van der Waals surface area contributed by atoms with Crippen LogP contribution in [0.5, 0.6) is 0 Å². The van der Waals surface area contributed by atoms with Gasteiger partial charge in [0, 0.05) is 11.5 Å². The van der Waals surface area contributed by atoms with Crippen LogP contribution in [0.4, 0.5) is 0 Å². The highest BCUT2D eigenvalue weighted by molar-refractivity contribution is 14.1. The van der Waals surface area contributed by atoms with Crippen molar-refractivity contribution in [2.45, 2.75) is 64.1 Å². The highest BCUT2D eigenvalue weighted by atomic mass is 127. The molecule has 0 aromatic rings. The topological polar surface area (TPSA) is 18.5 Å². The fourth-order valence-corrected chi connectivity index (χ4v) is 3.82. The van der Waals surface area contributed by atoms with Crippen LogP contribution in [0.15, 0.2) is 0 Å². The Morgan fingerprint density at radius 2 is 2.00 bits per heavy atom. The van der Waals surface area contributed by atoms with Gasteiger partial charge in [0.1, 0.15) is 0 Å². The van der Waals surface area contributed by atoms with E-state index in [-0.39, 0.29) is 11.7 Å². The Balaban J connectivity index is 2.43. The summed E-state index contributed by atoms with van der Waals surface area (Å²) < 4.78 is 12.5. The molecule has 1 atom stereocenters. The normalized spacial score (nSPS) is 31.4. The van der Waals surface area contributed by atoms with Crippen molar-refractivity contribution in [1.29, 1.82) is 0 Å². The van der Waals surface area contributed by atoms with Crippen LogP contribution in [0.3, 0.4) is 0 Å². The monoisotopic (exact) mass is 354 g/mol. The second kappa shape index (κ2) is 7.95. The van der Waals surface area contributed by atoms with Crippen LogP contribution in [0.2, 0.25) is 0 Å². The van der Waals surface area contributed by atoms with Crippen LogP contribution in [0, 0.1) is 5.92 Å². The van der Waals surface area contributed by atoms with Gasteiger partial charge in [0.05, 0.1) is 18.3 Å². The fraction of sp³-hybridized carbons (Fsp3) is 1.00. The van der Waals surface area contributed by atoms with Gasteiger partial charge in [-0.25, -0.2) is 0 Å². The average Bonchev–Trinajstić information content (AvgIpc) is 2.32. The van der Waals surface area contributed by atoms with Crippen molar-refractivity contribution in [3.05, 3.63) is 0 Å². The van der Waals surface area contributed by atoms with Crippen LogP contribution >= 0.6 is 22.6 Å². The largest absolute Gasteiger partial charge is 0.382 e. The summed E-state index contributed by atoms with van der Waals surface area (Å²) in [6.07, 6.45) is 8.09. The molecule has 1 unspecified atom stereocenters. The first-order valence-electron chi connectivity index (χ1n) is 6.88. The number of alkyl halides is 1. The zero-order valence-electron chi connectivity index (χ0n) is 11.5. The van der Waals surface area contributed by atoms with Gasteiger partial charge in [-0.3, -0.25) is 0 Å². The fourth-order valence-electron chi connectivity index (χ4n) is 2.88. The molecule has 3 heteroatoms. The number of hydrogen-bond acceptors (Lipinski definition) is 2. The maximum absolute atomic E-state index is 6.26. The van der Waals surface area contributed by atoms with Gasteiger partial charge in [0.25, 0.3) is 0 Å². The van der Waals surface area contributed by atoms with Crippen molar-refractivity contribution in [3.8, 4) is 0 Å². The molecule has 102 valence electrons. The quantitative estimate of drug-likeness (QED) is 0.504.